The van der Waals surface area contributed by atoms with Crippen molar-refractivity contribution < 1.29 is 0 Å². The van der Waals surface area contributed by atoms with Crippen molar-refractivity contribution in [2.45, 2.75) is 0 Å². The van der Waals surface area contributed by atoms with Crippen molar-refractivity contribution in [3.05, 3.63) is 34.2 Å². The molecule has 4 heteroatoms. The van der Waals surface area contributed by atoms with E-state index in [-0.39, 0.29) is 0 Å². The molecule has 1 N–H and O–H groups in total. The van der Waals surface area contributed by atoms with E-state index < -0.39 is 0 Å². The highest BCUT2D eigenvalue weighted by Gasteiger charge is 2.07. The summed E-state index contributed by atoms with van der Waals surface area (Å²) in [4.78, 5) is 3.19. The van der Waals surface area contributed by atoms with E-state index in [0.717, 1.165) is 0 Å². The molecule has 0 unspecified atom stereocenters. The van der Waals surface area contributed by atoms with Crippen LogP contribution in [0, 0.1) is 3.57 Å². The number of hydrogen-bond acceptors (Lipinski definition) is 0. The Balaban J connectivity index is 2.60. The second kappa shape index (κ2) is 3.41. The first kappa shape index (κ1) is 8.61. The maximum absolute atomic E-state index is 3.19. The van der Waals surface area contributed by atoms with E-state index in [2.05, 4.69) is 71.5 Å². The number of aromatic nitrogens is 2. The first-order chi connectivity index (χ1) is 5.79. The highest BCUT2D eigenvalue weighted by atomic mass is 127. The minimum absolute atomic E-state index is 1.17. The third-order valence-electron chi connectivity index (χ3n) is 1.64. The van der Waals surface area contributed by atoms with Crippen LogP contribution in [0.25, 0.3) is 11.4 Å². The Morgan fingerprint density at radius 3 is 2.67 bits per heavy atom. The third-order valence-corrected chi connectivity index (χ3v) is 3.32. The van der Waals surface area contributed by atoms with E-state index in [1.54, 1.807) is 0 Å². The summed E-state index contributed by atoms with van der Waals surface area (Å²) in [7, 11) is 0. The summed E-state index contributed by atoms with van der Waals surface area (Å²) in [6, 6.07) is 6.19. The Morgan fingerprint density at radius 1 is 1.33 bits per heavy atom. The fourth-order valence-electron chi connectivity index (χ4n) is 1.11. The van der Waals surface area contributed by atoms with Gasteiger partial charge in [-0.1, -0.05) is 0 Å². The molecule has 2 aromatic rings. The molecule has 12 heavy (non-hydrogen) atoms. The number of halogens is 2. The molecule has 2 heterocycles. The van der Waals surface area contributed by atoms with Gasteiger partial charge in [-0.15, -0.1) is 0 Å². The molecule has 0 aliphatic rings. The van der Waals surface area contributed by atoms with Gasteiger partial charge >= 0.3 is 0 Å². The Hall–Kier alpha value is 0.0200. The van der Waals surface area contributed by atoms with Gasteiger partial charge in [0, 0.05) is 16.0 Å². The van der Waals surface area contributed by atoms with Gasteiger partial charge in [-0.25, -0.2) is 0 Å². The average Bonchev–Trinajstić information content (AvgIpc) is 2.61. The van der Waals surface area contributed by atoms with Crippen LogP contribution < -0.4 is 0 Å². The lowest BCUT2D eigenvalue weighted by Crippen LogP contribution is -1.84. The lowest BCUT2D eigenvalue weighted by Gasteiger charge is -1.98. The molecular formula is C8H6I2N2. The van der Waals surface area contributed by atoms with Crippen LogP contribution in [0.15, 0.2) is 30.6 Å². The van der Waals surface area contributed by atoms with Gasteiger partial charge in [-0.3, -0.25) is 2.78 Å². The van der Waals surface area contributed by atoms with E-state index in [4.69, 9.17) is 0 Å². The second-order valence-corrected chi connectivity index (χ2v) is 4.61. The molecule has 0 aliphatic heterocycles. The molecule has 2 rings (SSSR count). The summed E-state index contributed by atoms with van der Waals surface area (Å²) in [6.45, 7) is 0. The Kier molecular flexibility index (Phi) is 2.44. The lowest BCUT2D eigenvalue weighted by molar-refractivity contribution is 1.30. The molecule has 0 amide bonds. The molecule has 2 nitrogen and oxygen atoms in total. The molecule has 0 fully saturated rings. The fraction of sp³-hybridized carbons (Fsp3) is 0. The van der Waals surface area contributed by atoms with Crippen LogP contribution in [0.4, 0.5) is 0 Å². The highest BCUT2D eigenvalue weighted by molar-refractivity contribution is 14.1. The minimum atomic E-state index is 1.17. The average molecular weight is 384 g/mol. The van der Waals surface area contributed by atoms with E-state index in [1.165, 1.54) is 15.0 Å². The first-order valence-electron chi connectivity index (χ1n) is 3.46. The third kappa shape index (κ3) is 1.41. The van der Waals surface area contributed by atoms with Crippen LogP contribution in [-0.4, -0.2) is 7.76 Å². The Bertz CT molecular complexity index is 356. The smallest absolute Gasteiger partial charge is 0.0872 e. The second-order valence-electron chi connectivity index (χ2n) is 2.41. The van der Waals surface area contributed by atoms with Gasteiger partial charge in [-0.05, 0) is 40.8 Å². The molecule has 0 radical (unpaired) electrons. The number of rotatable bonds is 1. The van der Waals surface area contributed by atoms with Crippen molar-refractivity contribution in [1.82, 2.24) is 7.76 Å². The summed E-state index contributed by atoms with van der Waals surface area (Å²) in [6.07, 6.45) is 3.99. The van der Waals surface area contributed by atoms with Crippen molar-refractivity contribution in [3.8, 4) is 11.4 Å². The zero-order chi connectivity index (χ0) is 8.55. The first-order valence-corrected chi connectivity index (χ1v) is 5.50. The van der Waals surface area contributed by atoms with Crippen LogP contribution in [-0.2, 0) is 0 Å². The quantitative estimate of drug-likeness (QED) is 0.729. The SMILES string of the molecule is Ic1ccn(I)c1-c1ccc[nH]1. The topological polar surface area (TPSA) is 20.7 Å². The summed E-state index contributed by atoms with van der Waals surface area (Å²) < 4.78 is 3.36. The zero-order valence-electron chi connectivity index (χ0n) is 6.09. The molecule has 62 valence electrons. The molecule has 2 aromatic heterocycles. The molecule has 0 saturated heterocycles. The van der Waals surface area contributed by atoms with Gasteiger partial charge in [0.15, 0.2) is 0 Å². The highest BCUT2D eigenvalue weighted by Crippen LogP contribution is 2.26. The van der Waals surface area contributed by atoms with Crippen LogP contribution >= 0.6 is 45.5 Å². The van der Waals surface area contributed by atoms with Crippen molar-refractivity contribution in [2.75, 3.05) is 0 Å². The molecule has 0 spiro atoms. The predicted octanol–water partition coefficient (Wildman–Crippen LogP) is 3.29. The molecule has 0 aromatic carbocycles. The summed E-state index contributed by atoms with van der Waals surface area (Å²) >= 11 is 4.61. The van der Waals surface area contributed by atoms with Gasteiger partial charge in [0.1, 0.15) is 0 Å². The van der Waals surface area contributed by atoms with Gasteiger partial charge in [0.25, 0.3) is 0 Å². The van der Waals surface area contributed by atoms with Crippen LogP contribution in [0.5, 0.6) is 0 Å². The van der Waals surface area contributed by atoms with Crippen molar-refractivity contribution in [3.63, 3.8) is 0 Å². The van der Waals surface area contributed by atoms with E-state index in [1.807, 2.05) is 12.3 Å². The maximum atomic E-state index is 3.19. The van der Waals surface area contributed by atoms with Crippen LogP contribution in [0.3, 0.4) is 0 Å². The number of aromatic amines is 1. The maximum Gasteiger partial charge on any atom is 0.0872 e. The minimum Gasteiger partial charge on any atom is -0.360 e. The predicted molar refractivity (Wildman–Crippen MR) is 66.4 cm³/mol. The van der Waals surface area contributed by atoms with Gasteiger partial charge in [-0.2, -0.15) is 0 Å². The number of nitrogens with one attached hydrogen (secondary N) is 1. The van der Waals surface area contributed by atoms with Crippen molar-refractivity contribution >= 4 is 45.5 Å². The van der Waals surface area contributed by atoms with Crippen molar-refractivity contribution in [2.24, 2.45) is 0 Å². The number of hydrogen-bond donors (Lipinski definition) is 1. The number of H-pyrrole nitrogens is 1. The van der Waals surface area contributed by atoms with Crippen LogP contribution in [0.2, 0.25) is 0 Å². The van der Waals surface area contributed by atoms with Crippen LogP contribution in [0.1, 0.15) is 0 Å². The largest absolute Gasteiger partial charge is 0.360 e. The van der Waals surface area contributed by atoms with E-state index >= 15 is 0 Å². The molecular weight excluding hydrogens is 378 g/mol. The number of nitrogens with zero attached hydrogens (tertiary/aromatic N) is 1. The monoisotopic (exact) mass is 384 g/mol. The summed E-state index contributed by atoms with van der Waals surface area (Å²) in [5.74, 6) is 0. The van der Waals surface area contributed by atoms with Gasteiger partial charge in [0.05, 0.1) is 34.3 Å². The molecule has 0 bridgehead atoms. The standard InChI is InChI=1S/C8H6I2N2/c9-6-3-5-12(10)8(6)7-2-1-4-11-7/h1-5,11H. The summed E-state index contributed by atoms with van der Waals surface area (Å²) in [5.41, 5.74) is 2.40. The fourth-order valence-corrected chi connectivity index (χ4v) is 2.96. The Labute approximate surface area is 98.0 Å². The molecule has 0 saturated carbocycles. The summed E-state index contributed by atoms with van der Waals surface area (Å²) in [5, 5.41) is 0. The lowest BCUT2D eigenvalue weighted by atomic mass is 10.3. The van der Waals surface area contributed by atoms with Gasteiger partial charge in [0.2, 0.25) is 0 Å². The Morgan fingerprint density at radius 2 is 2.17 bits per heavy atom. The van der Waals surface area contributed by atoms with E-state index in [9.17, 15) is 0 Å². The van der Waals surface area contributed by atoms with E-state index in [0.29, 0.717) is 0 Å². The normalized spacial score (nSPS) is 10.5. The van der Waals surface area contributed by atoms with Crippen molar-refractivity contribution in [1.29, 1.82) is 0 Å². The molecule has 0 atom stereocenters. The molecule has 0 aliphatic carbocycles. The van der Waals surface area contributed by atoms with Gasteiger partial charge < -0.3 is 4.98 Å². The zero-order valence-corrected chi connectivity index (χ0v) is 10.4.